The van der Waals surface area contributed by atoms with E-state index in [0.29, 0.717) is 62.6 Å². The van der Waals surface area contributed by atoms with Gasteiger partial charge in [-0.25, -0.2) is 4.79 Å². The number of anilines is 2. The minimum Gasteiger partial charge on any atom is -0.410 e. The Labute approximate surface area is 198 Å². The second-order valence-corrected chi connectivity index (χ2v) is 8.47. The molecule has 0 atom stereocenters. The van der Waals surface area contributed by atoms with Crippen LogP contribution < -0.4 is 20.3 Å². The molecule has 0 radical (unpaired) electrons. The van der Waals surface area contributed by atoms with Crippen molar-refractivity contribution in [2.24, 2.45) is 5.92 Å². The third kappa shape index (κ3) is 5.92. The highest BCUT2D eigenvalue weighted by Gasteiger charge is 2.26. The molecule has 2 aliphatic rings. The zero-order chi connectivity index (χ0) is 23.9. The number of piperidine rings is 1. The Morgan fingerprint density at radius 1 is 0.941 bits per heavy atom. The van der Waals surface area contributed by atoms with E-state index in [9.17, 15) is 19.2 Å². The third-order valence-electron chi connectivity index (χ3n) is 6.07. The van der Waals surface area contributed by atoms with Crippen molar-refractivity contribution >= 4 is 35.2 Å². The monoisotopic (exact) mass is 464 g/mol. The maximum absolute atomic E-state index is 12.3. The van der Waals surface area contributed by atoms with Gasteiger partial charge < -0.3 is 25.2 Å². The average Bonchev–Trinajstić information content (AvgIpc) is 3.29. The fourth-order valence-electron chi connectivity index (χ4n) is 4.15. The molecule has 0 aromatic heterocycles. The summed E-state index contributed by atoms with van der Waals surface area (Å²) in [4.78, 5) is 52.2. The molecular weight excluding hydrogens is 436 g/mol. The topological polar surface area (TPSA) is 108 Å². The van der Waals surface area contributed by atoms with Crippen molar-refractivity contribution in [3.63, 3.8) is 0 Å². The van der Waals surface area contributed by atoms with Gasteiger partial charge in [-0.1, -0.05) is 24.3 Å². The van der Waals surface area contributed by atoms with E-state index >= 15 is 0 Å². The summed E-state index contributed by atoms with van der Waals surface area (Å²) < 4.78 is 5.36. The van der Waals surface area contributed by atoms with Crippen LogP contribution in [0.4, 0.5) is 16.2 Å². The number of nitrogens with one attached hydrogen (secondary N) is 2. The highest BCUT2D eigenvalue weighted by atomic mass is 16.6. The third-order valence-corrected chi connectivity index (χ3v) is 6.07. The molecule has 0 saturated carbocycles. The van der Waals surface area contributed by atoms with Crippen LogP contribution in [0.25, 0.3) is 0 Å². The molecule has 2 aromatic carbocycles. The molecule has 2 heterocycles. The standard InChI is InChI=1S/C25H28N4O5/c30-22-10-5-13-29(22)20-7-4-6-19(16-20)27-24(32)23(31)26-17-18-11-14-28(15-12-18)25(33)34-21-8-2-1-3-9-21/h1-4,6-9,16,18H,5,10-15,17H2,(H,26,31)(H,27,32). The Hall–Kier alpha value is -3.88. The van der Waals surface area contributed by atoms with Crippen molar-refractivity contribution in [3.8, 4) is 5.75 Å². The zero-order valence-corrected chi connectivity index (χ0v) is 18.9. The molecule has 9 nitrogen and oxygen atoms in total. The van der Waals surface area contributed by atoms with E-state index in [1.165, 1.54) is 0 Å². The summed E-state index contributed by atoms with van der Waals surface area (Å²) in [5, 5.41) is 5.28. The molecule has 2 N–H and O–H groups in total. The van der Waals surface area contributed by atoms with E-state index in [0.717, 1.165) is 6.42 Å². The number of benzene rings is 2. The van der Waals surface area contributed by atoms with Crippen molar-refractivity contribution in [2.75, 3.05) is 36.4 Å². The van der Waals surface area contributed by atoms with Crippen LogP contribution in [0.5, 0.6) is 5.75 Å². The number of para-hydroxylation sites is 1. The smallest absolute Gasteiger partial charge is 0.410 e. The summed E-state index contributed by atoms with van der Waals surface area (Å²) in [5.74, 6) is -0.740. The van der Waals surface area contributed by atoms with Crippen LogP contribution in [0, 0.1) is 5.92 Å². The second kappa shape index (κ2) is 10.8. The highest BCUT2D eigenvalue weighted by molar-refractivity contribution is 6.39. The molecule has 0 spiro atoms. The summed E-state index contributed by atoms with van der Waals surface area (Å²) in [6.45, 7) is 2.07. The summed E-state index contributed by atoms with van der Waals surface area (Å²) >= 11 is 0. The number of carbonyl (C=O) groups excluding carboxylic acids is 4. The Morgan fingerprint density at radius 3 is 2.41 bits per heavy atom. The van der Waals surface area contributed by atoms with Gasteiger partial charge in [-0.05, 0) is 55.5 Å². The van der Waals surface area contributed by atoms with Crippen molar-refractivity contribution in [1.82, 2.24) is 10.2 Å². The summed E-state index contributed by atoms with van der Waals surface area (Å²) in [7, 11) is 0. The molecule has 2 fully saturated rings. The minimum absolute atomic E-state index is 0.0561. The lowest BCUT2D eigenvalue weighted by Gasteiger charge is -2.31. The highest BCUT2D eigenvalue weighted by Crippen LogP contribution is 2.24. The van der Waals surface area contributed by atoms with Gasteiger partial charge in [0.2, 0.25) is 5.91 Å². The predicted octanol–water partition coefficient (Wildman–Crippen LogP) is 2.78. The molecule has 4 amide bonds. The van der Waals surface area contributed by atoms with E-state index in [1.807, 2.05) is 6.07 Å². The van der Waals surface area contributed by atoms with Crippen LogP contribution >= 0.6 is 0 Å². The molecule has 2 saturated heterocycles. The predicted molar refractivity (Wildman–Crippen MR) is 126 cm³/mol. The molecule has 178 valence electrons. The molecule has 0 unspecified atom stereocenters. The summed E-state index contributed by atoms with van der Waals surface area (Å²) in [5.41, 5.74) is 1.17. The molecule has 0 aliphatic carbocycles. The average molecular weight is 465 g/mol. The van der Waals surface area contributed by atoms with Crippen molar-refractivity contribution < 1.29 is 23.9 Å². The van der Waals surface area contributed by atoms with Gasteiger partial charge in [-0.15, -0.1) is 0 Å². The SMILES string of the molecule is O=C(NCC1CCN(C(=O)Oc2ccccc2)CC1)C(=O)Nc1cccc(N2CCCC2=O)c1. The molecule has 4 rings (SSSR count). The van der Waals surface area contributed by atoms with Gasteiger partial charge in [-0.2, -0.15) is 0 Å². The number of likely N-dealkylation sites (tertiary alicyclic amines) is 1. The van der Waals surface area contributed by atoms with Gasteiger partial charge >= 0.3 is 17.9 Å². The van der Waals surface area contributed by atoms with Crippen LogP contribution in [0.3, 0.4) is 0 Å². The maximum atomic E-state index is 12.3. The van der Waals surface area contributed by atoms with E-state index in [1.54, 1.807) is 58.3 Å². The quantitative estimate of drug-likeness (QED) is 0.662. The van der Waals surface area contributed by atoms with Gasteiger partial charge in [0.1, 0.15) is 5.75 Å². The first-order valence-corrected chi connectivity index (χ1v) is 11.5. The Balaban J connectivity index is 1.20. The van der Waals surface area contributed by atoms with E-state index in [-0.39, 0.29) is 17.9 Å². The summed E-state index contributed by atoms with van der Waals surface area (Å²) in [6, 6.07) is 15.8. The van der Waals surface area contributed by atoms with Gasteiger partial charge in [0.15, 0.2) is 0 Å². The maximum Gasteiger partial charge on any atom is 0.415 e. The zero-order valence-electron chi connectivity index (χ0n) is 18.9. The van der Waals surface area contributed by atoms with Crippen molar-refractivity contribution in [3.05, 3.63) is 54.6 Å². The fraction of sp³-hybridized carbons (Fsp3) is 0.360. The molecule has 2 aliphatic heterocycles. The minimum atomic E-state index is -0.756. The van der Waals surface area contributed by atoms with Crippen LogP contribution in [0.15, 0.2) is 54.6 Å². The van der Waals surface area contributed by atoms with Gasteiger partial charge in [0, 0.05) is 44.0 Å². The number of nitrogens with zero attached hydrogens (tertiary/aromatic N) is 2. The van der Waals surface area contributed by atoms with Gasteiger partial charge in [0.05, 0.1) is 0 Å². The van der Waals surface area contributed by atoms with Crippen LogP contribution in [0.2, 0.25) is 0 Å². The summed E-state index contributed by atoms with van der Waals surface area (Å²) in [6.07, 6.45) is 2.36. The lowest BCUT2D eigenvalue weighted by atomic mass is 9.97. The van der Waals surface area contributed by atoms with E-state index in [4.69, 9.17) is 4.74 Å². The molecule has 0 bridgehead atoms. The lowest BCUT2D eigenvalue weighted by molar-refractivity contribution is -0.136. The first-order chi connectivity index (χ1) is 16.5. The number of ether oxygens (including phenoxy) is 1. The van der Waals surface area contributed by atoms with Crippen LogP contribution in [0.1, 0.15) is 25.7 Å². The Morgan fingerprint density at radius 2 is 1.71 bits per heavy atom. The first-order valence-electron chi connectivity index (χ1n) is 11.5. The van der Waals surface area contributed by atoms with E-state index < -0.39 is 11.8 Å². The van der Waals surface area contributed by atoms with Crippen LogP contribution in [-0.4, -0.2) is 54.9 Å². The Kier molecular flexibility index (Phi) is 7.41. The van der Waals surface area contributed by atoms with Gasteiger partial charge in [0.25, 0.3) is 0 Å². The fourth-order valence-corrected chi connectivity index (χ4v) is 4.15. The number of rotatable bonds is 5. The number of hydrogen-bond donors (Lipinski definition) is 2. The van der Waals surface area contributed by atoms with E-state index in [2.05, 4.69) is 10.6 Å². The molecule has 9 heteroatoms. The van der Waals surface area contributed by atoms with Gasteiger partial charge in [-0.3, -0.25) is 14.4 Å². The molecule has 34 heavy (non-hydrogen) atoms. The van der Waals surface area contributed by atoms with Crippen molar-refractivity contribution in [2.45, 2.75) is 25.7 Å². The molecule has 2 aromatic rings. The molecular formula is C25H28N4O5. The number of carbonyl (C=O) groups is 4. The lowest BCUT2D eigenvalue weighted by Crippen LogP contribution is -2.44. The number of amides is 4. The van der Waals surface area contributed by atoms with Crippen molar-refractivity contribution in [1.29, 1.82) is 0 Å². The number of hydrogen-bond acceptors (Lipinski definition) is 5. The second-order valence-electron chi connectivity index (χ2n) is 8.47. The largest absolute Gasteiger partial charge is 0.415 e. The van der Waals surface area contributed by atoms with Crippen LogP contribution in [-0.2, 0) is 14.4 Å². The normalized spacial score (nSPS) is 16.3. The Bertz CT molecular complexity index is 1050. The first kappa shape index (κ1) is 23.3.